The molecule has 3 heteroatoms. The molecule has 0 bridgehead atoms. The van der Waals surface area contributed by atoms with Crippen LogP contribution in [-0.2, 0) is 11.3 Å². The Hall–Kier alpha value is -1.79. The van der Waals surface area contributed by atoms with Crippen molar-refractivity contribution in [3.8, 4) is 12.3 Å². The van der Waals surface area contributed by atoms with E-state index in [1.165, 1.54) is 0 Å². The van der Waals surface area contributed by atoms with Crippen LogP contribution in [0, 0.1) is 12.3 Å². The average molecular weight is 203 g/mol. The lowest BCUT2D eigenvalue weighted by molar-refractivity contribution is 0.0954. The molecule has 1 N–H and O–H groups in total. The van der Waals surface area contributed by atoms with Gasteiger partial charge in [0.15, 0.2) is 0 Å². The third-order valence-electron chi connectivity index (χ3n) is 1.91. The van der Waals surface area contributed by atoms with Gasteiger partial charge in [-0.1, -0.05) is 24.1 Å². The largest absolute Gasteiger partial charge is 0.380 e. The number of hydrogen-bond donors (Lipinski definition) is 1. The summed E-state index contributed by atoms with van der Waals surface area (Å²) in [6.07, 6.45) is 5.06. The van der Waals surface area contributed by atoms with Gasteiger partial charge in [0, 0.05) is 12.7 Å². The molecule has 0 spiro atoms. The standard InChI is InChI=1S/C12H13NO2/c1-3-8-13-12(14)11-7-5-4-6-10(11)9-15-2/h1,4-7H,8-9H2,2H3,(H,13,14). The van der Waals surface area contributed by atoms with E-state index in [1.54, 1.807) is 13.2 Å². The van der Waals surface area contributed by atoms with E-state index < -0.39 is 0 Å². The second-order valence-electron chi connectivity index (χ2n) is 2.98. The van der Waals surface area contributed by atoms with Crippen LogP contribution in [-0.4, -0.2) is 19.6 Å². The molecule has 1 aromatic carbocycles. The first-order chi connectivity index (χ1) is 7.29. The molecule has 15 heavy (non-hydrogen) atoms. The van der Waals surface area contributed by atoms with Gasteiger partial charge in [0.2, 0.25) is 0 Å². The molecular weight excluding hydrogens is 190 g/mol. The van der Waals surface area contributed by atoms with E-state index in [4.69, 9.17) is 11.2 Å². The SMILES string of the molecule is C#CCNC(=O)c1ccccc1COC. The summed E-state index contributed by atoms with van der Waals surface area (Å²) >= 11 is 0. The third-order valence-corrected chi connectivity index (χ3v) is 1.91. The van der Waals surface area contributed by atoms with E-state index in [2.05, 4.69) is 11.2 Å². The van der Waals surface area contributed by atoms with Crippen LogP contribution >= 0.6 is 0 Å². The maximum atomic E-state index is 11.6. The third kappa shape index (κ3) is 3.12. The molecule has 0 aliphatic carbocycles. The molecule has 0 saturated carbocycles. The van der Waals surface area contributed by atoms with E-state index in [0.717, 1.165) is 5.56 Å². The minimum Gasteiger partial charge on any atom is -0.380 e. The van der Waals surface area contributed by atoms with Crippen LogP contribution in [0.25, 0.3) is 0 Å². The van der Waals surface area contributed by atoms with Gasteiger partial charge in [-0.05, 0) is 11.6 Å². The molecule has 0 aliphatic heterocycles. The normalized spacial score (nSPS) is 9.33. The van der Waals surface area contributed by atoms with Crippen molar-refractivity contribution in [3.63, 3.8) is 0 Å². The Bertz CT molecular complexity index is 379. The van der Waals surface area contributed by atoms with Crippen LogP contribution in [0.3, 0.4) is 0 Å². The first kappa shape index (κ1) is 11.3. The van der Waals surface area contributed by atoms with Gasteiger partial charge < -0.3 is 10.1 Å². The summed E-state index contributed by atoms with van der Waals surface area (Å²) in [5.74, 6) is 2.19. The highest BCUT2D eigenvalue weighted by molar-refractivity contribution is 5.95. The Balaban J connectivity index is 2.83. The molecule has 3 nitrogen and oxygen atoms in total. The molecule has 0 atom stereocenters. The van der Waals surface area contributed by atoms with E-state index in [0.29, 0.717) is 12.2 Å². The minimum absolute atomic E-state index is 0.166. The second kappa shape index (κ2) is 5.84. The number of benzene rings is 1. The number of terminal acetylenes is 1. The van der Waals surface area contributed by atoms with Gasteiger partial charge in [0.25, 0.3) is 5.91 Å². The summed E-state index contributed by atoms with van der Waals surface area (Å²) in [5.41, 5.74) is 1.46. The number of methoxy groups -OCH3 is 1. The van der Waals surface area contributed by atoms with Gasteiger partial charge in [-0.15, -0.1) is 6.42 Å². The first-order valence-electron chi connectivity index (χ1n) is 4.58. The average Bonchev–Trinajstić information content (AvgIpc) is 2.27. The molecule has 1 amide bonds. The Morgan fingerprint density at radius 3 is 2.93 bits per heavy atom. The van der Waals surface area contributed by atoms with E-state index >= 15 is 0 Å². The van der Waals surface area contributed by atoms with Crippen molar-refractivity contribution in [2.75, 3.05) is 13.7 Å². The summed E-state index contributed by atoms with van der Waals surface area (Å²) in [7, 11) is 1.59. The van der Waals surface area contributed by atoms with Gasteiger partial charge >= 0.3 is 0 Å². The fraction of sp³-hybridized carbons (Fsp3) is 0.250. The highest BCUT2D eigenvalue weighted by atomic mass is 16.5. The van der Waals surface area contributed by atoms with Crippen molar-refractivity contribution in [1.29, 1.82) is 0 Å². The first-order valence-corrected chi connectivity index (χ1v) is 4.58. The Morgan fingerprint density at radius 2 is 2.27 bits per heavy atom. The Labute approximate surface area is 89.4 Å². The number of ether oxygens (including phenoxy) is 1. The lowest BCUT2D eigenvalue weighted by atomic mass is 10.1. The lowest BCUT2D eigenvalue weighted by Crippen LogP contribution is -2.24. The predicted octanol–water partition coefficient (Wildman–Crippen LogP) is 1.20. The highest BCUT2D eigenvalue weighted by Crippen LogP contribution is 2.09. The van der Waals surface area contributed by atoms with E-state index in [9.17, 15) is 4.79 Å². The Kier molecular flexibility index (Phi) is 4.39. The maximum Gasteiger partial charge on any atom is 0.252 e. The highest BCUT2D eigenvalue weighted by Gasteiger charge is 2.08. The van der Waals surface area contributed by atoms with Crippen LogP contribution in [0.4, 0.5) is 0 Å². The fourth-order valence-electron chi connectivity index (χ4n) is 1.25. The van der Waals surface area contributed by atoms with Crippen molar-refractivity contribution in [2.24, 2.45) is 0 Å². The van der Waals surface area contributed by atoms with Gasteiger partial charge in [-0.2, -0.15) is 0 Å². The number of nitrogens with one attached hydrogen (secondary N) is 1. The molecule has 0 aromatic heterocycles. The van der Waals surface area contributed by atoms with Crippen molar-refractivity contribution in [2.45, 2.75) is 6.61 Å². The molecule has 78 valence electrons. The van der Waals surface area contributed by atoms with Crippen LogP contribution in [0.1, 0.15) is 15.9 Å². The van der Waals surface area contributed by atoms with Crippen LogP contribution in [0.15, 0.2) is 24.3 Å². The topological polar surface area (TPSA) is 38.3 Å². The molecule has 1 rings (SSSR count). The zero-order chi connectivity index (χ0) is 11.1. The summed E-state index contributed by atoms with van der Waals surface area (Å²) in [5, 5.41) is 2.62. The molecule has 0 fully saturated rings. The molecule has 0 aliphatic rings. The summed E-state index contributed by atoms with van der Waals surface area (Å²) in [6, 6.07) is 7.28. The lowest BCUT2D eigenvalue weighted by Gasteiger charge is -2.07. The maximum absolute atomic E-state index is 11.6. The van der Waals surface area contributed by atoms with Crippen LogP contribution in [0.5, 0.6) is 0 Å². The second-order valence-corrected chi connectivity index (χ2v) is 2.98. The van der Waals surface area contributed by atoms with Crippen LogP contribution in [0.2, 0.25) is 0 Å². The summed E-state index contributed by atoms with van der Waals surface area (Å²) in [6.45, 7) is 0.653. The van der Waals surface area contributed by atoms with E-state index in [1.807, 2.05) is 18.2 Å². The summed E-state index contributed by atoms with van der Waals surface area (Å²) < 4.78 is 5.00. The smallest absolute Gasteiger partial charge is 0.252 e. The van der Waals surface area contributed by atoms with E-state index in [-0.39, 0.29) is 12.5 Å². The molecule has 0 radical (unpaired) electrons. The number of carbonyl (C=O) groups excluding carboxylic acids is 1. The van der Waals surface area contributed by atoms with Gasteiger partial charge in [-0.3, -0.25) is 4.79 Å². The quantitative estimate of drug-likeness (QED) is 0.747. The molecule has 0 saturated heterocycles. The van der Waals surface area contributed by atoms with Crippen molar-refractivity contribution >= 4 is 5.91 Å². The van der Waals surface area contributed by atoms with Gasteiger partial charge in [0.1, 0.15) is 0 Å². The predicted molar refractivity (Wildman–Crippen MR) is 58.3 cm³/mol. The number of amides is 1. The van der Waals surface area contributed by atoms with Crippen molar-refractivity contribution in [1.82, 2.24) is 5.32 Å². The fourth-order valence-corrected chi connectivity index (χ4v) is 1.25. The monoisotopic (exact) mass is 203 g/mol. The number of carbonyl (C=O) groups is 1. The number of hydrogen-bond acceptors (Lipinski definition) is 2. The van der Waals surface area contributed by atoms with Crippen molar-refractivity contribution in [3.05, 3.63) is 35.4 Å². The molecule has 0 unspecified atom stereocenters. The molecule has 0 heterocycles. The molecular formula is C12H13NO2. The summed E-state index contributed by atoms with van der Waals surface area (Å²) in [4.78, 5) is 11.6. The zero-order valence-corrected chi connectivity index (χ0v) is 8.62. The van der Waals surface area contributed by atoms with Crippen LogP contribution < -0.4 is 5.32 Å². The minimum atomic E-state index is -0.166. The van der Waals surface area contributed by atoms with Crippen molar-refractivity contribution < 1.29 is 9.53 Å². The zero-order valence-electron chi connectivity index (χ0n) is 8.62. The molecule has 1 aromatic rings. The number of rotatable bonds is 4. The van der Waals surface area contributed by atoms with Gasteiger partial charge in [-0.25, -0.2) is 0 Å². The van der Waals surface area contributed by atoms with Gasteiger partial charge in [0.05, 0.1) is 13.2 Å². The Morgan fingerprint density at radius 1 is 1.53 bits per heavy atom.